The lowest BCUT2D eigenvalue weighted by Gasteiger charge is -2.21. The molecule has 0 aliphatic carbocycles. The molecule has 1 fully saturated rings. The van der Waals surface area contributed by atoms with E-state index < -0.39 is 15.0 Å². The van der Waals surface area contributed by atoms with Crippen molar-refractivity contribution in [1.29, 1.82) is 0 Å². The van der Waals surface area contributed by atoms with E-state index in [2.05, 4.69) is 4.18 Å². The fourth-order valence-corrected chi connectivity index (χ4v) is 3.12. The fraction of sp³-hybridized carbons (Fsp3) is 0.400. The zero-order chi connectivity index (χ0) is 12.5. The third-order valence-electron chi connectivity index (χ3n) is 2.71. The van der Waals surface area contributed by atoms with Crippen LogP contribution in [0.1, 0.15) is 17.9 Å². The molecular weight excluding hydrogens is 246 g/mol. The molecule has 1 heterocycles. The van der Waals surface area contributed by atoms with E-state index in [1.807, 2.05) is 0 Å². The van der Waals surface area contributed by atoms with Gasteiger partial charge in [-0.1, -0.05) is 12.1 Å². The summed E-state index contributed by atoms with van der Waals surface area (Å²) in [6.45, 7) is 0.171. The summed E-state index contributed by atoms with van der Waals surface area (Å²) in [7, 11) is -3.44. The van der Waals surface area contributed by atoms with Crippen molar-refractivity contribution >= 4 is 15.8 Å². The summed E-state index contributed by atoms with van der Waals surface area (Å²) in [6, 6.07) is 5.97. The third-order valence-corrected chi connectivity index (χ3v) is 4.05. The Kier molecular flexibility index (Phi) is 3.12. The van der Waals surface area contributed by atoms with Crippen LogP contribution >= 0.6 is 0 Å². The molecule has 2 rings (SSSR count). The SMILES string of the molecule is O=[N+]([O-])c1ccc(C2CCOS(=O)(=O)C2)cc1. The topological polar surface area (TPSA) is 86.5 Å². The number of rotatable bonds is 2. The Morgan fingerprint density at radius 3 is 2.47 bits per heavy atom. The zero-order valence-corrected chi connectivity index (χ0v) is 9.72. The van der Waals surface area contributed by atoms with Crippen molar-refractivity contribution in [3.63, 3.8) is 0 Å². The molecule has 0 bridgehead atoms. The molecule has 1 aliphatic heterocycles. The van der Waals surface area contributed by atoms with E-state index in [4.69, 9.17) is 0 Å². The summed E-state index contributed by atoms with van der Waals surface area (Å²) in [5.74, 6) is -0.209. The predicted octanol–water partition coefficient (Wildman–Crippen LogP) is 1.43. The van der Waals surface area contributed by atoms with E-state index in [9.17, 15) is 18.5 Å². The van der Waals surface area contributed by atoms with E-state index in [0.717, 1.165) is 5.56 Å². The number of non-ortho nitro benzene ring substituents is 1. The summed E-state index contributed by atoms with van der Waals surface area (Å²) >= 11 is 0. The first kappa shape index (κ1) is 12.0. The zero-order valence-electron chi connectivity index (χ0n) is 8.90. The van der Waals surface area contributed by atoms with Crippen LogP contribution in [0, 0.1) is 10.1 Å². The summed E-state index contributed by atoms with van der Waals surface area (Å²) in [4.78, 5) is 10.00. The average molecular weight is 257 g/mol. The van der Waals surface area contributed by atoms with E-state index in [1.165, 1.54) is 12.1 Å². The largest absolute Gasteiger partial charge is 0.270 e. The predicted molar refractivity (Wildman–Crippen MR) is 60.2 cm³/mol. The number of benzene rings is 1. The molecule has 1 atom stereocenters. The molecule has 1 aromatic carbocycles. The van der Waals surface area contributed by atoms with Crippen LogP contribution in [0.3, 0.4) is 0 Å². The Hall–Kier alpha value is -1.47. The van der Waals surface area contributed by atoms with Crippen LogP contribution in [-0.4, -0.2) is 25.7 Å². The maximum absolute atomic E-state index is 11.3. The molecular formula is C10H11NO5S. The fourth-order valence-electron chi connectivity index (χ4n) is 1.83. The van der Waals surface area contributed by atoms with E-state index in [1.54, 1.807) is 12.1 Å². The summed E-state index contributed by atoms with van der Waals surface area (Å²) < 4.78 is 27.2. The molecule has 0 N–H and O–H groups in total. The highest BCUT2D eigenvalue weighted by molar-refractivity contribution is 7.86. The third kappa shape index (κ3) is 2.80. The van der Waals surface area contributed by atoms with Crippen molar-refractivity contribution in [2.75, 3.05) is 12.4 Å². The Labute approximate surface area is 98.5 Å². The van der Waals surface area contributed by atoms with E-state index >= 15 is 0 Å². The number of hydrogen-bond donors (Lipinski definition) is 0. The van der Waals surface area contributed by atoms with Crippen molar-refractivity contribution in [3.8, 4) is 0 Å². The van der Waals surface area contributed by atoms with Crippen LogP contribution < -0.4 is 0 Å². The summed E-state index contributed by atoms with van der Waals surface area (Å²) in [5, 5.41) is 10.5. The maximum Gasteiger partial charge on any atom is 0.269 e. The molecule has 1 unspecified atom stereocenters. The minimum Gasteiger partial charge on any atom is -0.270 e. The summed E-state index contributed by atoms with van der Waals surface area (Å²) in [6.07, 6.45) is 0.608. The van der Waals surface area contributed by atoms with Gasteiger partial charge in [0.15, 0.2) is 0 Å². The number of nitro benzene ring substituents is 1. The molecule has 1 aliphatic rings. The van der Waals surface area contributed by atoms with Gasteiger partial charge in [0.05, 0.1) is 17.3 Å². The quantitative estimate of drug-likeness (QED) is 0.454. The normalized spacial score (nSPS) is 23.2. The first-order chi connectivity index (χ1) is 7.98. The molecule has 7 heteroatoms. The molecule has 17 heavy (non-hydrogen) atoms. The first-order valence-electron chi connectivity index (χ1n) is 5.09. The lowest BCUT2D eigenvalue weighted by molar-refractivity contribution is -0.384. The molecule has 92 valence electrons. The highest BCUT2D eigenvalue weighted by atomic mass is 32.2. The van der Waals surface area contributed by atoms with Crippen molar-refractivity contribution in [2.45, 2.75) is 12.3 Å². The van der Waals surface area contributed by atoms with E-state index in [0.29, 0.717) is 6.42 Å². The standard InChI is InChI=1S/C10H11NO5S/c12-11(13)10-3-1-8(2-4-10)9-5-6-16-17(14,15)7-9/h1-4,9H,5-7H2. The second-order valence-electron chi connectivity index (χ2n) is 3.88. The highest BCUT2D eigenvalue weighted by Crippen LogP contribution is 2.27. The van der Waals surface area contributed by atoms with Gasteiger partial charge in [-0.2, -0.15) is 8.42 Å². The highest BCUT2D eigenvalue weighted by Gasteiger charge is 2.26. The lowest BCUT2D eigenvalue weighted by atomic mass is 9.98. The minimum atomic E-state index is -3.44. The van der Waals surface area contributed by atoms with Crippen LogP contribution in [0.2, 0.25) is 0 Å². The number of nitro groups is 1. The van der Waals surface area contributed by atoms with Crippen molar-refractivity contribution < 1.29 is 17.5 Å². The smallest absolute Gasteiger partial charge is 0.269 e. The van der Waals surface area contributed by atoms with Gasteiger partial charge in [0.25, 0.3) is 15.8 Å². The maximum atomic E-state index is 11.3. The minimum absolute atomic E-state index is 0.00339. The lowest BCUT2D eigenvalue weighted by Crippen LogP contribution is -2.24. The molecule has 0 amide bonds. The van der Waals surface area contributed by atoms with Gasteiger partial charge in [0.1, 0.15) is 0 Å². The van der Waals surface area contributed by atoms with Crippen LogP contribution in [-0.2, 0) is 14.3 Å². The monoisotopic (exact) mass is 257 g/mol. The van der Waals surface area contributed by atoms with Crippen LogP contribution in [0.5, 0.6) is 0 Å². The molecule has 0 aromatic heterocycles. The molecule has 1 aromatic rings. The van der Waals surface area contributed by atoms with Gasteiger partial charge >= 0.3 is 0 Å². The molecule has 1 saturated heterocycles. The Balaban J connectivity index is 2.20. The van der Waals surface area contributed by atoms with Gasteiger partial charge in [-0.05, 0) is 12.0 Å². The second kappa shape index (κ2) is 4.42. The van der Waals surface area contributed by atoms with Crippen LogP contribution in [0.4, 0.5) is 5.69 Å². The summed E-state index contributed by atoms with van der Waals surface area (Å²) in [5.41, 5.74) is 0.797. The second-order valence-corrected chi connectivity index (χ2v) is 5.56. The van der Waals surface area contributed by atoms with Crippen molar-refractivity contribution in [3.05, 3.63) is 39.9 Å². The average Bonchev–Trinajstić information content (AvgIpc) is 2.28. The van der Waals surface area contributed by atoms with Gasteiger partial charge in [0, 0.05) is 18.1 Å². The van der Waals surface area contributed by atoms with Gasteiger partial charge in [0.2, 0.25) is 0 Å². The Bertz CT molecular complexity index is 522. The van der Waals surface area contributed by atoms with Gasteiger partial charge < -0.3 is 0 Å². The molecule has 0 radical (unpaired) electrons. The number of hydrogen-bond acceptors (Lipinski definition) is 5. The van der Waals surface area contributed by atoms with Crippen molar-refractivity contribution in [1.82, 2.24) is 0 Å². The molecule has 0 saturated carbocycles. The van der Waals surface area contributed by atoms with Crippen molar-refractivity contribution in [2.24, 2.45) is 0 Å². The Morgan fingerprint density at radius 2 is 1.94 bits per heavy atom. The van der Waals surface area contributed by atoms with Crippen LogP contribution in [0.25, 0.3) is 0 Å². The van der Waals surface area contributed by atoms with Gasteiger partial charge in [-0.25, -0.2) is 0 Å². The molecule has 6 nitrogen and oxygen atoms in total. The number of nitrogens with zero attached hydrogens (tertiary/aromatic N) is 1. The molecule has 0 spiro atoms. The van der Waals surface area contributed by atoms with Crippen LogP contribution in [0.15, 0.2) is 24.3 Å². The first-order valence-corrected chi connectivity index (χ1v) is 6.67. The van der Waals surface area contributed by atoms with Gasteiger partial charge in [-0.3, -0.25) is 14.3 Å². The van der Waals surface area contributed by atoms with Gasteiger partial charge in [-0.15, -0.1) is 0 Å². The Morgan fingerprint density at radius 1 is 1.29 bits per heavy atom. The van der Waals surface area contributed by atoms with E-state index in [-0.39, 0.29) is 24.0 Å².